The Balaban J connectivity index is 5.15. The van der Waals surface area contributed by atoms with Crippen LogP contribution in [0.3, 0.4) is 0 Å². The number of rotatable bonds is 75. The van der Waals surface area contributed by atoms with Crippen molar-refractivity contribution in [1.82, 2.24) is 0 Å². The van der Waals surface area contributed by atoms with Gasteiger partial charge in [0.25, 0.3) is 0 Å². The lowest BCUT2D eigenvalue weighted by molar-refractivity contribution is -0.161. The van der Waals surface area contributed by atoms with E-state index in [1.165, 1.54) is 218 Å². The largest absolute Gasteiger partial charge is 0.472 e. The molecule has 0 fully saturated rings. The number of hydrogen-bond donors (Lipinski definition) is 3. The van der Waals surface area contributed by atoms with E-state index in [9.17, 15) is 43.2 Å². The molecular weight excluding hydrogens is 1220 g/mol. The number of unbranched alkanes of at least 4 members (excludes halogenated alkanes) is 49. The van der Waals surface area contributed by atoms with Gasteiger partial charge in [0, 0.05) is 25.7 Å². The quantitative estimate of drug-likeness (QED) is 0.0222. The highest BCUT2D eigenvalue weighted by Gasteiger charge is 2.30. The summed E-state index contributed by atoms with van der Waals surface area (Å²) >= 11 is 0. The molecule has 0 aliphatic heterocycles. The number of aliphatic hydroxyl groups excluding tert-OH is 1. The summed E-state index contributed by atoms with van der Waals surface area (Å²) in [6, 6.07) is 0. The van der Waals surface area contributed by atoms with E-state index in [4.69, 9.17) is 37.0 Å². The molecule has 552 valence electrons. The van der Waals surface area contributed by atoms with Crippen LogP contribution in [0.5, 0.6) is 0 Å². The fourth-order valence-electron chi connectivity index (χ4n) is 11.4. The lowest BCUT2D eigenvalue weighted by Gasteiger charge is -2.21. The van der Waals surface area contributed by atoms with Gasteiger partial charge in [-0.25, -0.2) is 9.13 Å². The standard InChI is InChI=1S/C74H144O17P2/c1-5-9-13-17-21-25-27-29-31-32-33-34-35-36-38-40-42-45-49-53-57-61-74(79)91-70(65-85-72(77)59-55-51-47-44-41-39-37-30-28-26-22-18-14-10-6-2)67-89-93(82,83)87-63-68(75)62-86-92(80,81)88-66-69(64-84-71(76)58-54-50-46-24-20-16-12-8-4)90-73(78)60-56-52-48-43-23-19-15-11-7-3/h68-70,75H,5-67H2,1-4H3,(H,80,81)(H,82,83)/t68-,69+,70+/m0/s1. The second-order valence-corrected chi connectivity index (χ2v) is 29.6. The van der Waals surface area contributed by atoms with Crippen LogP contribution in [-0.2, 0) is 65.4 Å². The summed E-state index contributed by atoms with van der Waals surface area (Å²) in [6.07, 6.45) is 58.5. The predicted molar refractivity (Wildman–Crippen MR) is 377 cm³/mol. The first-order valence-electron chi connectivity index (χ1n) is 38.8. The molecule has 0 spiro atoms. The van der Waals surface area contributed by atoms with Crippen LogP contribution in [0.1, 0.15) is 394 Å². The Morgan fingerprint density at radius 3 is 0.634 bits per heavy atom. The molecule has 0 radical (unpaired) electrons. The van der Waals surface area contributed by atoms with Crippen molar-refractivity contribution in [2.45, 2.75) is 412 Å². The minimum absolute atomic E-state index is 0.106. The molecule has 0 bridgehead atoms. The molecule has 0 rings (SSSR count). The molecule has 0 aliphatic carbocycles. The normalized spacial score (nSPS) is 13.9. The molecule has 0 aromatic rings. The number of ether oxygens (including phenoxy) is 4. The van der Waals surface area contributed by atoms with E-state index >= 15 is 0 Å². The SMILES string of the molecule is CCCCCCCCCCCCCCCCCCCCCCCC(=O)O[C@H](COC(=O)CCCCCCCCCCCCCCCCC)COP(=O)(O)OC[C@@H](O)COP(=O)(O)OC[C@@H](COC(=O)CCCCCCCCCC)OC(=O)CCCCCCCCCCC. The zero-order chi connectivity index (χ0) is 68.2. The second-order valence-electron chi connectivity index (χ2n) is 26.7. The lowest BCUT2D eigenvalue weighted by Crippen LogP contribution is -2.30. The Kier molecular flexibility index (Phi) is 67.1. The maximum Gasteiger partial charge on any atom is 0.472 e. The number of hydrogen-bond acceptors (Lipinski definition) is 15. The molecule has 0 heterocycles. The highest BCUT2D eigenvalue weighted by Crippen LogP contribution is 2.45. The Hall–Kier alpha value is -1.94. The van der Waals surface area contributed by atoms with Crippen LogP contribution in [0.4, 0.5) is 0 Å². The maximum atomic E-state index is 13.1. The topological polar surface area (TPSA) is 237 Å². The van der Waals surface area contributed by atoms with Gasteiger partial charge >= 0.3 is 39.5 Å². The van der Waals surface area contributed by atoms with Crippen molar-refractivity contribution >= 4 is 39.5 Å². The molecule has 0 aromatic carbocycles. The van der Waals surface area contributed by atoms with Crippen molar-refractivity contribution in [2.75, 3.05) is 39.6 Å². The third-order valence-electron chi connectivity index (χ3n) is 17.4. The Morgan fingerprint density at radius 2 is 0.430 bits per heavy atom. The summed E-state index contributed by atoms with van der Waals surface area (Å²) in [5.41, 5.74) is 0. The summed E-state index contributed by atoms with van der Waals surface area (Å²) in [5.74, 6) is -2.12. The summed E-state index contributed by atoms with van der Waals surface area (Å²) in [6.45, 7) is 4.93. The smallest absolute Gasteiger partial charge is 0.462 e. The zero-order valence-electron chi connectivity index (χ0n) is 60.2. The van der Waals surface area contributed by atoms with Gasteiger partial charge in [-0.3, -0.25) is 37.3 Å². The van der Waals surface area contributed by atoms with Gasteiger partial charge in [0.1, 0.15) is 19.3 Å². The first kappa shape index (κ1) is 91.1. The highest BCUT2D eigenvalue weighted by molar-refractivity contribution is 7.47. The van der Waals surface area contributed by atoms with E-state index in [1.807, 2.05) is 0 Å². The van der Waals surface area contributed by atoms with Crippen LogP contribution >= 0.6 is 15.6 Å². The fraction of sp³-hybridized carbons (Fsp3) is 0.946. The molecule has 93 heavy (non-hydrogen) atoms. The third kappa shape index (κ3) is 68.4. The summed E-state index contributed by atoms with van der Waals surface area (Å²) in [4.78, 5) is 72.5. The van der Waals surface area contributed by atoms with Crippen molar-refractivity contribution in [3.8, 4) is 0 Å². The molecule has 2 unspecified atom stereocenters. The van der Waals surface area contributed by atoms with Crippen LogP contribution in [0.2, 0.25) is 0 Å². The summed E-state index contributed by atoms with van der Waals surface area (Å²) < 4.78 is 68.3. The Morgan fingerprint density at radius 1 is 0.258 bits per heavy atom. The molecule has 0 aliphatic rings. The maximum absolute atomic E-state index is 13.1. The van der Waals surface area contributed by atoms with Gasteiger partial charge in [0.2, 0.25) is 0 Å². The Bertz CT molecular complexity index is 1770. The third-order valence-corrected chi connectivity index (χ3v) is 19.3. The van der Waals surface area contributed by atoms with Crippen molar-refractivity contribution in [1.29, 1.82) is 0 Å². The van der Waals surface area contributed by atoms with Crippen LogP contribution in [0.25, 0.3) is 0 Å². The van der Waals surface area contributed by atoms with Crippen molar-refractivity contribution in [3.63, 3.8) is 0 Å². The summed E-state index contributed by atoms with van der Waals surface area (Å²) in [5, 5.41) is 10.6. The van der Waals surface area contributed by atoms with E-state index in [-0.39, 0.29) is 25.7 Å². The molecule has 0 saturated carbocycles. The van der Waals surface area contributed by atoms with Crippen molar-refractivity contribution in [3.05, 3.63) is 0 Å². The molecule has 0 aromatic heterocycles. The van der Waals surface area contributed by atoms with E-state index in [0.717, 1.165) is 96.3 Å². The highest BCUT2D eigenvalue weighted by atomic mass is 31.2. The number of phosphoric ester groups is 2. The minimum atomic E-state index is -4.95. The average molecular weight is 1370 g/mol. The second kappa shape index (κ2) is 68.6. The van der Waals surface area contributed by atoms with E-state index < -0.39 is 97.5 Å². The van der Waals surface area contributed by atoms with E-state index in [2.05, 4.69) is 27.7 Å². The van der Waals surface area contributed by atoms with Gasteiger partial charge in [-0.1, -0.05) is 342 Å². The molecular formula is C74H144O17P2. The number of aliphatic hydroxyl groups is 1. The molecule has 3 N–H and O–H groups in total. The van der Waals surface area contributed by atoms with Gasteiger partial charge in [-0.2, -0.15) is 0 Å². The number of carbonyl (C=O) groups is 4. The fourth-order valence-corrected chi connectivity index (χ4v) is 13.0. The number of phosphoric acid groups is 2. The monoisotopic (exact) mass is 1370 g/mol. The van der Waals surface area contributed by atoms with Crippen LogP contribution in [-0.4, -0.2) is 96.7 Å². The lowest BCUT2D eigenvalue weighted by atomic mass is 10.0. The number of esters is 4. The van der Waals surface area contributed by atoms with Gasteiger partial charge in [-0.05, 0) is 25.7 Å². The van der Waals surface area contributed by atoms with E-state index in [0.29, 0.717) is 25.7 Å². The molecule has 5 atom stereocenters. The van der Waals surface area contributed by atoms with Crippen LogP contribution in [0, 0.1) is 0 Å². The first-order chi connectivity index (χ1) is 45.2. The van der Waals surface area contributed by atoms with Crippen LogP contribution < -0.4 is 0 Å². The average Bonchev–Trinajstić information content (AvgIpc) is 2.98. The van der Waals surface area contributed by atoms with E-state index in [1.54, 1.807) is 0 Å². The summed E-state index contributed by atoms with van der Waals surface area (Å²) in [7, 11) is -9.90. The van der Waals surface area contributed by atoms with Gasteiger partial charge in [0.05, 0.1) is 26.4 Å². The predicted octanol–water partition coefficient (Wildman–Crippen LogP) is 21.8. The first-order valence-corrected chi connectivity index (χ1v) is 41.8. The molecule has 0 saturated heterocycles. The van der Waals surface area contributed by atoms with Crippen LogP contribution in [0.15, 0.2) is 0 Å². The number of carbonyl (C=O) groups excluding carboxylic acids is 4. The molecule has 19 heteroatoms. The van der Waals surface area contributed by atoms with Gasteiger partial charge in [-0.15, -0.1) is 0 Å². The van der Waals surface area contributed by atoms with Crippen molar-refractivity contribution < 1.29 is 80.2 Å². The van der Waals surface area contributed by atoms with Gasteiger partial charge in [0.15, 0.2) is 12.2 Å². The molecule has 0 amide bonds. The Labute approximate surface area is 568 Å². The minimum Gasteiger partial charge on any atom is -0.462 e. The van der Waals surface area contributed by atoms with Gasteiger partial charge < -0.3 is 33.8 Å². The molecule has 17 nitrogen and oxygen atoms in total. The van der Waals surface area contributed by atoms with Crippen molar-refractivity contribution in [2.24, 2.45) is 0 Å². The zero-order valence-corrected chi connectivity index (χ0v) is 62.0.